The van der Waals surface area contributed by atoms with Gasteiger partial charge >= 0.3 is 0 Å². The van der Waals surface area contributed by atoms with Gasteiger partial charge in [0.15, 0.2) is 17.5 Å². The van der Waals surface area contributed by atoms with Crippen LogP contribution in [0.4, 0.5) is 17.6 Å². The molecule has 0 bridgehead atoms. The number of hydrogen-bond acceptors (Lipinski definition) is 1. The van der Waals surface area contributed by atoms with Crippen LogP contribution in [-0.2, 0) is 0 Å². The molecule has 2 aromatic carbocycles. The molecule has 0 unspecified atom stereocenters. The first kappa shape index (κ1) is 15.0. The molecule has 2 rings (SSSR count). The maximum atomic E-state index is 13.5. The van der Waals surface area contributed by atoms with Crippen molar-refractivity contribution >= 4 is 5.91 Å². The van der Waals surface area contributed by atoms with Crippen LogP contribution in [0.1, 0.15) is 28.9 Å². The van der Waals surface area contributed by atoms with Crippen molar-refractivity contribution in [3.8, 4) is 0 Å². The minimum atomic E-state index is -1.70. The van der Waals surface area contributed by atoms with Gasteiger partial charge in [-0.1, -0.05) is 12.1 Å². The average molecular weight is 297 g/mol. The highest BCUT2D eigenvalue weighted by molar-refractivity contribution is 5.94. The predicted molar refractivity (Wildman–Crippen MR) is 68.6 cm³/mol. The molecule has 0 fully saturated rings. The molecular formula is C15H11F4NO. The van der Waals surface area contributed by atoms with Gasteiger partial charge in [0.1, 0.15) is 5.82 Å². The summed E-state index contributed by atoms with van der Waals surface area (Å²) in [7, 11) is 0. The molecule has 0 aliphatic heterocycles. The molecule has 2 nitrogen and oxygen atoms in total. The van der Waals surface area contributed by atoms with Gasteiger partial charge in [0, 0.05) is 0 Å². The molecule has 110 valence electrons. The van der Waals surface area contributed by atoms with Gasteiger partial charge in [-0.25, -0.2) is 17.6 Å². The minimum absolute atomic E-state index is 0.427. The molecule has 0 radical (unpaired) electrons. The molecular weight excluding hydrogens is 286 g/mol. The lowest BCUT2D eigenvalue weighted by molar-refractivity contribution is 0.0934. The summed E-state index contributed by atoms with van der Waals surface area (Å²) in [5.74, 6) is -5.92. The smallest absolute Gasteiger partial charge is 0.254 e. The Morgan fingerprint density at radius 3 is 2.19 bits per heavy atom. The molecule has 0 spiro atoms. The number of carbonyl (C=O) groups excluding carboxylic acids is 1. The van der Waals surface area contributed by atoms with E-state index in [2.05, 4.69) is 5.32 Å². The topological polar surface area (TPSA) is 29.1 Å². The standard InChI is InChI=1S/C15H11F4NO/c1-8(9-2-4-10(16)5-3-9)20-15(21)11-6-7-12(17)14(19)13(11)18/h2-8H,1H3,(H,20,21)/t8-/m1/s1. The van der Waals surface area contributed by atoms with Crippen molar-refractivity contribution in [2.45, 2.75) is 13.0 Å². The fourth-order valence-corrected chi connectivity index (χ4v) is 1.81. The van der Waals surface area contributed by atoms with Crippen LogP contribution in [0.15, 0.2) is 36.4 Å². The van der Waals surface area contributed by atoms with Crippen LogP contribution < -0.4 is 5.32 Å². The van der Waals surface area contributed by atoms with Crippen molar-refractivity contribution < 1.29 is 22.4 Å². The Balaban J connectivity index is 2.18. The molecule has 0 heterocycles. The lowest BCUT2D eigenvalue weighted by atomic mass is 10.1. The van der Waals surface area contributed by atoms with Gasteiger partial charge in [-0.05, 0) is 36.8 Å². The second-order valence-corrected chi connectivity index (χ2v) is 4.47. The van der Waals surface area contributed by atoms with Crippen LogP contribution in [0.3, 0.4) is 0 Å². The summed E-state index contributed by atoms with van der Waals surface area (Å²) < 4.78 is 52.2. The van der Waals surface area contributed by atoms with Crippen LogP contribution in [0.2, 0.25) is 0 Å². The molecule has 0 aromatic heterocycles. The second-order valence-electron chi connectivity index (χ2n) is 4.47. The summed E-state index contributed by atoms with van der Waals surface area (Å²) >= 11 is 0. The second kappa shape index (κ2) is 5.95. The van der Waals surface area contributed by atoms with E-state index >= 15 is 0 Å². The molecule has 0 saturated heterocycles. The zero-order valence-electron chi connectivity index (χ0n) is 11.0. The maximum absolute atomic E-state index is 13.5. The molecule has 0 aliphatic carbocycles. The quantitative estimate of drug-likeness (QED) is 0.678. The Bertz CT molecular complexity index is 670. The maximum Gasteiger partial charge on any atom is 0.254 e. The van der Waals surface area contributed by atoms with E-state index in [0.717, 1.165) is 6.07 Å². The zero-order valence-corrected chi connectivity index (χ0v) is 11.0. The van der Waals surface area contributed by atoms with Crippen LogP contribution >= 0.6 is 0 Å². The van der Waals surface area contributed by atoms with Crippen LogP contribution in [0, 0.1) is 23.3 Å². The lowest BCUT2D eigenvalue weighted by Gasteiger charge is -2.15. The van der Waals surface area contributed by atoms with Crippen molar-refractivity contribution in [2.75, 3.05) is 0 Å². The predicted octanol–water partition coefficient (Wildman–Crippen LogP) is 3.73. The van der Waals surface area contributed by atoms with Crippen LogP contribution in [0.5, 0.6) is 0 Å². The highest BCUT2D eigenvalue weighted by Gasteiger charge is 2.20. The number of amides is 1. The van der Waals surface area contributed by atoms with Crippen LogP contribution in [-0.4, -0.2) is 5.91 Å². The first-order chi connectivity index (χ1) is 9.90. The summed E-state index contributed by atoms with van der Waals surface area (Å²) in [5.41, 5.74) is -0.00407. The number of hydrogen-bond donors (Lipinski definition) is 1. The fourth-order valence-electron chi connectivity index (χ4n) is 1.81. The Morgan fingerprint density at radius 1 is 0.952 bits per heavy atom. The summed E-state index contributed by atoms with van der Waals surface area (Å²) in [6.07, 6.45) is 0. The van der Waals surface area contributed by atoms with E-state index in [1.807, 2.05) is 0 Å². The third kappa shape index (κ3) is 3.21. The number of halogens is 4. The third-order valence-corrected chi connectivity index (χ3v) is 3.00. The van der Waals surface area contributed by atoms with Gasteiger partial charge in [0.05, 0.1) is 11.6 Å². The Morgan fingerprint density at radius 2 is 1.57 bits per heavy atom. The SMILES string of the molecule is C[C@@H](NC(=O)c1ccc(F)c(F)c1F)c1ccc(F)cc1. The first-order valence-corrected chi connectivity index (χ1v) is 6.10. The Hall–Kier alpha value is -2.37. The summed E-state index contributed by atoms with van der Waals surface area (Å²) in [5, 5.41) is 2.43. The average Bonchev–Trinajstić information content (AvgIpc) is 2.45. The number of nitrogens with one attached hydrogen (secondary N) is 1. The third-order valence-electron chi connectivity index (χ3n) is 3.00. The van der Waals surface area contributed by atoms with Gasteiger partial charge in [-0.2, -0.15) is 0 Å². The molecule has 2 aromatic rings. The molecule has 1 N–H and O–H groups in total. The van der Waals surface area contributed by atoms with E-state index in [1.54, 1.807) is 6.92 Å². The lowest BCUT2D eigenvalue weighted by Crippen LogP contribution is -2.27. The summed E-state index contributed by atoms with van der Waals surface area (Å²) in [6.45, 7) is 1.60. The van der Waals surface area contributed by atoms with E-state index in [0.29, 0.717) is 11.6 Å². The monoisotopic (exact) mass is 297 g/mol. The van der Waals surface area contributed by atoms with Gasteiger partial charge in [-0.3, -0.25) is 4.79 Å². The van der Waals surface area contributed by atoms with Crippen LogP contribution in [0.25, 0.3) is 0 Å². The normalized spacial score (nSPS) is 12.0. The van der Waals surface area contributed by atoms with E-state index < -0.39 is 40.8 Å². The van der Waals surface area contributed by atoms with Gasteiger partial charge < -0.3 is 5.32 Å². The van der Waals surface area contributed by atoms with Gasteiger partial charge in [0.2, 0.25) is 0 Å². The molecule has 6 heteroatoms. The number of benzene rings is 2. The molecule has 0 saturated carbocycles. The van der Waals surface area contributed by atoms with Gasteiger partial charge in [0.25, 0.3) is 5.91 Å². The summed E-state index contributed by atoms with van der Waals surface area (Å²) in [6, 6.07) is 6.34. The van der Waals surface area contributed by atoms with Crippen molar-refractivity contribution in [3.63, 3.8) is 0 Å². The Kier molecular flexibility index (Phi) is 4.26. The fraction of sp³-hybridized carbons (Fsp3) is 0.133. The number of rotatable bonds is 3. The van der Waals surface area contributed by atoms with Crippen molar-refractivity contribution in [2.24, 2.45) is 0 Å². The van der Waals surface area contributed by atoms with E-state index in [9.17, 15) is 22.4 Å². The highest BCUT2D eigenvalue weighted by Crippen LogP contribution is 2.17. The summed E-state index contributed by atoms with van der Waals surface area (Å²) in [4.78, 5) is 11.9. The largest absolute Gasteiger partial charge is 0.345 e. The van der Waals surface area contributed by atoms with Gasteiger partial charge in [-0.15, -0.1) is 0 Å². The zero-order chi connectivity index (χ0) is 15.6. The van der Waals surface area contributed by atoms with E-state index in [-0.39, 0.29) is 0 Å². The van der Waals surface area contributed by atoms with Crippen molar-refractivity contribution in [1.29, 1.82) is 0 Å². The minimum Gasteiger partial charge on any atom is -0.345 e. The van der Waals surface area contributed by atoms with Crippen molar-refractivity contribution in [1.82, 2.24) is 5.32 Å². The highest BCUT2D eigenvalue weighted by atomic mass is 19.2. The first-order valence-electron chi connectivity index (χ1n) is 6.10. The Labute approximate surface area is 118 Å². The molecule has 1 amide bonds. The molecule has 1 atom stereocenters. The van der Waals surface area contributed by atoms with E-state index in [1.165, 1.54) is 24.3 Å². The van der Waals surface area contributed by atoms with Crippen molar-refractivity contribution in [3.05, 3.63) is 70.8 Å². The molecule has 21 heavy (non-hydrogen) atoms. The van der Waals surface area contributed by atoms with E-state index in [4.69, 9.17) is 0 Å². The molecule has 0 aliphatic rings. The number of carbonyl (C=O) groups is 1.